The summed E-state index contributed by atoms with van der Waals surface area (Å²) in [7, 11) is -6.17. The third-order valence-corrected chi connectivity index (χ3v) is 7.70. The van der Waals surface area contributed by atoms with Gasteiger partial charge in [0.2, 0.25) is 0 Å². The number of carbonyl (C=O) groups is 2. The van der Waals surface area contributed by atoms with Crippen LogP contribution in [0.3, 0.4) is 0 Å². The highest BCUT2D eigenvalue weighted by Gasteiger charge is 2.33. The second-order valence-electron chi connectivity index (χ2n) is 7.49. The molecule has 2 aromatic carbocycles. The zero-order chi connectivity index (χ0) is 25.3. The van der Waals surface area contributed by atoms with Crippen LogP contribution in [0.1, 0.15) is 38.8 Å². The first-order valence-corrected chi connectivity index (χ1v) is 13.2. The number of fused-ring (bicyclic) bond motifs is 2. The molecule has 11 heteroatoms. The van der Waals surface area contributed by atoms with Crippen LogP contribution in [-0.4, -0.2) is 52.3 Å². The number of sulfone groups is 1. The van der Waals surface area contributed by atoms with Gasteiger partial charge in [0.15, 0.2) is 15.6 Å². The van der Waals surface area contributed by atoms with Crippen LogP contribution in [0.4, 0.5) is 0 Å². The van der Waals surface area contributed by atoms with E-state index in [1.807, 2.05) is 0 Å². The quantitative estimate of drug-likeness (QED) is 0.357. The van der Waals surface area contributed by atoms with Gasteiger partial charge in [0.25, 0.3) is 15.9 Å². The number of Topliss-reactive ketones (excluding diaryl/α,β-unsaturated/α-hetero) is 2. The molecule has 2 aromatic rings. The van der Waals surface area contributed by atoms with E-state index in [0.717, 1.165) is 19.4 Å². The van der Waals surface area contributed by atoms with Crippen LogP contribution in [0.15, 0.2) is 59.5 Å². The van der Waals surface area contributed by atoms with Crippen LogP contribution < -0.4 is 0 Å². The van der Waals surface area contributed by atoms with Crippen molar-refractivity contribution in [1.82, 2.24) is 0 Å². The minimum absolute atomic E-state index is 0.0134. The summed E-state index contributed by atoms with van der Waals surface area (Å²) in [5, 5.41) is 0. The molecule has 0 fully saturated rings. The molecule has 176 valence electrons. The Morgan fingerprint density at radius 2 is 1.56 bits per heavy atom. The normalized spacial score (nSPS) is 17.1. The molecule has 0 saturated heterocycles. The largest absolute Gasteiger partial charge is 0.364 e. The lowest BCUT2D eigenvalue weighted by Gasteiger charge is -2.16. The Balaban J connectivity index is 0.000000191. The van der Waals surface area contributed by atoms with E-state index in [1.54, 1.807) is 49.4 Å². The lowest BCUT2D eigenvalue weighted by Crippen LogP contribution is -2.22. The average Bonchev–Trinajstić information content (AvgIpc) is 2.81. The fourth-order valence-corrected chi connectivity index (χ4v) is 5.27. The summed E-state index contributed by atoms with van der Waals surface area (Å²) in [6.07, 6.45) is 5.48. The van der Waals surface area contributed by atoms with Gasteiger partial charge in [-0.15, -0.1) is 0 Å². The molecule has 0 amide bonds. The Bertz CT molecular complexity index is 1530. The van der Waals surface area contributed by atoms with E-state index in [9.17, 15) is 26.4 Å². The van der Waals surface area contributed by atoms with Crippen LogP contribution in [0.2, 0.25) is 0 Å². The zero-order valence-corrected chi connectivity index (χ0v) is 20.1. The lowest BCUT2D eigenvalue weighted by molar-refractivity contribution is -0.00437. The lowest BCUT2D eigenvalue weighted by atomic mass is 9.89. The van der Waals surface area contributed by atoms with E-state index < -0.39 is 25.7 Å². The molecule has 34 heavy (non-hydrogen) atoms. The second kappa shape index (κ2) is 9.40. The zero-order valence-electron chi connectivity index (χ0n) is 18.4. The predicted molar refractivity (Wildman–Crippen MR) is 125 cm³/mol. The summed E-state index contributed by atoms with van der Waals surface area (Å²) >= 11 is 0. The number of rotatable bonds is 3. The van der Waals surface area contributed by atoms with Crippen LogP contribution in [0.5, 0.6) is 0 Å². The fourth-order valence-electron chi connectivity index (χ4n) is 3.49. The van der Waals surface area contributed by atoms with E-state index in [-0.39, 0.29) is 32.8 Å². The Labute approximate surface area is 197 Å². The highest BCUT2D eigenvalue weighted by Crippen LogP contribution is 2.29. The Kier molecular flexibility index (Phi) is 6.94. The molecule has 0 saturated carbocycles. The van der Waals surface area contributed by atoms with Gasteiger partial charge in [0, 0.05) is 34.4 Å². The molecule has 2 aliphatic rings. The van der Waals surface area contributed by atoms with Crippen molar-refractivity contribution in [2.45, 2.75) is 11.8 Å². The van der Waals surface area contributed by atoms with Crippen LogP contribution in [-0.2, 0) is 24.1 Å². The van der Waals surface area contributed by atoms with Crippen molar-refractivity contribution in [3.8, 4) is 0 Å². The smallest absolute Gasteiger partial charge is 0.361 e. The van der Waals surface area contributed by atoms with Gasteiger partial charge in [0.05, 0.1) is 18.1 Å². The average molecular weight is 501 g/mol. The van der Waals surface area contributed by atoms with Gasteiger partial charge in [-0.3, -0.25) is 13.8 Å². The first-order chi connectivity index (χ1) is 15.9. The fraction of sp³-hybridized carbons (Fsp3) is 0.174. The molecule has 2 aliphatic carbocycles. The summed E-state index contributed by atoms with van der Waals surface area (Å²) in [6.45, 7) is 1.78. The number of hydrogen-bond donors (Lipinski definition) is 0. The summed E-state index contributed by atoms with van der Waals surface area (Å²) in [5.41, 5.74) is 9.83. The molecule has 0 radical (unpaired) electrons. The molecule has 0 N–H and O–H groups in total. The van der Waals surface area contributed by atoms with Gasteiger partial charge in [0.1, 0.15) is 4.90 Å². The second-order valence-corrected chi connectivity index (χ2v) is 11.2. The minimum atomic E-state index is -3.78. The maximum Gasteiger partial charge on any atom is 0.364 e. The number of benzene rings is 2. The highest BCUT2D eigenvalue weighted by molar-refractivity contribution is 8.00. The molecule has 4 rings (SSSR count). The van der Waals surface area contributed by atoms with Crippen molar-refractivity contribution in [2.75, 3.05) is 13.4 Å². The van der Waals surface area contributed by atoms with Gasteiger partial charge in [-0.25, -0.2) is 8.42 Å². The number of carbonyl (C=O) groups excluding carboxylic acids is 2. The topological polar surface area (TPSA) is 148 Å². The Hall–Kier alpha value is -3.50. The molecule has 1 unspecified atom stereocenters. The first-order valence-electron chi connectivity index (χ1n) is 9.86. The predicted octanol–water partition coefficient (Wildman–Crippen LogP) is 2.81. The molecular formula is C23H20N2O7S2. The van der Waals surface area contributed by atoms with Gasteiger partial charge in [-0.2, -0.15) is 13.2 Å². The molecular weight excluding hydrogens is 480 g/mol. The number of ketones is 2. The number of hydrogen-bond acceptors (Lipinski definition) is 7. The van der Waals surface area contributed by atoms with Gasteiger partial charge < -0.3 is 5.53 Å². The first kappa shape index (κ1) is 25.1. The van der Waals surface area contributed by atoms with Crippen molar-refractivity contribution in [3.05, 3.63) is 82.4 Å². The van der Waals surface area contributed by atoms with Crippen molar-refractivity contribution in [1.29, 1.82) is 0 Å². The molecule has 0 spiro atoms. The van der Waals surface area contributed by atoms with E-state index in [1.165, 1.54) is 12.1 Å². The van der Waals surface area contributed by atoms with Crippen LogP contribution >= 0.6 is 0 Å². The molecule has 0 aromatic heterocycles. The summed E-state index contributed by atoms with van der Waals surface area (Å²) < 4.78 is 51.1. The van der Waals surface area contributed by atoms with Crippen molar-refractivity contribution in [3.63, 3.8) is 0 Å². The molecule has 0 bridgehead atoms. The molecule has 9 nitrogen and oxygen atoms in total. The van der Waals surface area contributed by atoms with E-state index in [2.05, 4.69) is 8.97 Å². The Morgan fingerprint density at radius 1 is 0.941 bits per heavy atom. The molecule has 0 aliphatic heterocycles. The molecule has 1 atom stereocenters. The Morgan fingerprint density at radius 3 is 2.15 bits per heavy atom. The monoisotopic (exact) mass is 500 g/mol. The van der Waals surface area contributed by atoms with Crippen molar-refractivity contribution in [2.24, 2.45) is 5.92 Å². The van der Waals surface area contributed by atoms with Crippen LogP contribution in [0.25, 0.3) is 16.5 Å². The maximum atomic E-state index is 11.9. The standard InChI is InChI=1S/C12H12O4S.C11H8N2O3S/c1-8-6-7-9-10(12(8)13)4-3-5-11(9)17(14,15)16-2;1-17(15,16)10-6-9(13-12)11(14)8-5-3-2-4-7(8)10/h3-8H,1-2H3;2-6H,1H3. The number of allylic oxidation sites excluding steroid dienone is 2. The van der Waals surface area contributed by atoms with Crippen LogP contribution in [0, 0.1) is 5.92 Å². The minimum Gasteiger partial charge on any atom is -0.361 e. The van der Waals surface area contributed by atoms with E-state index in [0.29, 0.717) is 16.7 Å². The van der Waals surface area contributed by atoms with Gasteiger partial charge >= 0.3 is 5.71 Å². The summed E-state index contributed by atoms with van der Waals surface area (Å²) in [6, 6.07) is 10.9. The van der Waals surface area contributed by atoms with E-state index >= 15 is 0 Å². The highest BCUT2D eigenvalue weighted by atomic mass is 32.2. The van der Waals surface area contributed by atoms with Gasteiger partial charge in [-0.1, -0.05) is 55.5 Å². The summed E-state index contributed by atoms with van der Waals surface area (Å²) in [4.78, 5) is 26.5. The molecule has 0 heterocycles. The SMILES string of the molecule is COS(=O)(=O)c1cccc2c1C=CC(C)C2=O.CS(=O)(=O)C1=CC(=[N+]=[N-])C(=O)c2ccccc21. The third kappa shape index (κ3) is 4.73. The third-order valence-electron chi connectivity index (χ3n) is 5.23. The summed E-state index contributed by atoms with van der Waals surface area (Å²) in [5.74, 6) is -0.783. The van der Waals surface area contributed by atoms with Crippen molar-refractivity contribution < 1.29 is 35.4 Å². The number of nitrogens with zero attached hydrogens (tertiary/aromatic N) is 2. The van der Waals surface area contributed by atoms with Gasteiger partial charge in [-0.05, 0) is 6.07 Å². The van der Waals surface area contributed by atoms with E-state index in [4.69, 9.17) is 5.53 Å². The maximum absolute atomic E-state index is 11.9. The van der Waals surface area contributed by atoms with Crippen molar-refractivity contribution >= 4 is 48.2 Å².